The minimum absolute atomic E-state index is 0.172. The zero-order chi connectivity index (χ0) is 18.1. The second-order valence-corrected chi connectivity index (χ2v) is 5.89. The lowest BCUT2D eigenvalue weighted by Gasteiger charge is -1.99. The van der Waals surface area contributed by atoms with Gasteiger partial charge in [-0.15, -0.1) is 0 Å². The number of halogens is 1. The van der Waals surface area contributed by atoms with Crippen LogP contribution in [0.5, 0.6) is 0 Å². The van der Waals surface area contributed by atoms with Crippen LogP contribution >= 0.6 is 0 Å². The van der Waals surface area contributed by atoms with Gasteiger partial charge in [-0.3, -0.25) is 4.79 Å². The van der Waals surface area contributed by atoms with Gasteiger partial charge in [0.15, 0.2) is 0 Å². The summed E-state index contributed by atoms with van der Waals surface area (Å²) in [6.07, 6.45) is 5.43. The Balaban J connectivity index is 1.67. The van der Waals surface area contributed by atoms with E-state index in [1.54, 1.807) is 35.0 Å². The lowest BCUT2D eigenvalue weighted by Crippen LogP contribution is -2.09. The molecule has 0 spiro atoms. The summed E-state index contributed by atoms with van der Waals surface area (Å²) in [7, 11) is 0. The highest BCUT2D eigenvalue weighted by atomic mass is 19.1. The van der Waals surface area contributed by atoms with Crippen LogP contribution < -0.4 is 5.56 Å². The van der Waals surface area contributed by atoms with E-state index in [0.29, 0.717) is 16.7 Å². The number of rotatable bonds is 3. The van der Waals surface area contributed by atoms with Gasteiger partial charge in [0.2, 0.25) is 0 Å². The molecule has 0 aliphatic heterocycles. The van der Waals surface area contributed by atoms with Crippen LogP contribution in [-0.4, -0.2) is 19.7 Å². The van der Waals surface area contributed by atoms with E-state index in [4.69, 9.17) is 0 Å². The highest BCUT2D eigenvalue weighted by Gasteiger charge is 2.05. The Bertz CT molecular complexity index is 1170. The van der Waals surface area contributed by atoms with Crippen LogP contribution in [0.1, 0.15) is 17.1 Å². The lowest BCUT2D eigenvalue weighted by atomic mass is 10.2. The van der Waals surface area contributed by atoms with Gasteiger partial charge < -0.3 is 4.98 Å². The average molecular weight is 346 g/mol. The van der Waals surface area contributed by atoms with Crippen molar-refractivity contribution in [1.29, 1.82) is 0 Å². The van der Waals surface area contributed by atoms with Crippen molar-refractivity contribution in [3.63, 3.8) is 0 Å². The molecule has 0 saturated carbocycles. The highest BCUT2D eigenvalue weighted by Crippen LogP contribution is 2.15. The van der Waals surface area contributed by atoms with Crippen LogP contribution in [0.3, 0.4) is 0 Å². The van der Waals surface area contributed by atoms with Crippen molar-refractivity contribution < 1.29 is 4.39 Å². The summed E-state index contributed by atoms with van der Waals surface area (Å²) in [4.78, 5) is 19.3. The first-order valence-electron chi connectivity index (χ1n) is 8.09. The predicted molar refractivity (Wildman–Crippen MR) is 99.6 cm³/mol. The summed E-state index contributed by atoms with van der Waals surface area (Å²) in [5, 5.41) is 5.00. The molecule has 2 heterocycles. The number of nitrogens with one attached hydrogen (secondary N) is 1. The molecule has 0 amide bonds. The first-order chi connectivity index (χ1) is 12.6. The van der Waals surface area contributed by atoms with Gasteiger partial charge in [0, 0.05) is 11.8 Å². The fourth-order valence-electron chi connectivity index (χ4n) is 2.72. The zero-order valence-electron chi connectivity index (χ0n) is 14.0. The first kappa shape index (κ1) is 16.0. The maximum atomic E-state index is 13.1. The Morgan fingerprint density at radius 2 is 1.85 bits per heavy atom. The van der Waals surface area contributed by atoms with Gasteiger partial charge in [0.05, 0.1) is 22.3 Å². The minimum atomic E-state index is -0.288. The average Bonchev–Trinajstić information content (AvgIpc) is 3.01. The minimum Gasteiger partial charge on any atom is -0.306 e. The van der Waals surface area contributed by atoms with Crippen LogP contribution in [0.15, 0.2) is 59.5 Å². The number of nitrogens with zero attached hydrogens (tertiary/aromatic N) is 3. The van der Waals surface area contributed by atoms with Gasteiger partial charge >= 0.3 is 0 Å². The second kappa shape index (κ2) is 6.40. The van der Waals surface area contributed by atoms with E-state index in [1.807, 2.05) is 31.3 Å². The molecule has 0 saturated heterocycles. The maximum Gasteiger partial charge on any atom is 0.259 e. The Labute approximate surface area is 148 Å². The molecule has 1 N–H and O–H groups in total. The first-order valence-corrected chi connectivity index (χ1v) is 8.09. The van der Waals surface area contributed by atoms with Gasteiger partial charge in [0.25, 0.3) is 5.56 Å². The fraction of sp³-hybridized carbons (Fsp3) is 0.0500. The van der Waals surface area contributed by atoms with Gasteiger partial charge in [-0.2, -0.15) is 5.10 Å². The molecule has 2 aromatic heterocycles. The molecule has 4 aromatic rings. The number of hydrogen-bond donors (Lipinski definition) is 1. The van der Waals surface area contributed by atoms with E-state index in [0.717, 1.165) is 16.9 Å². The van der Waals surface area contributed by atoms with Gasteiger partial charge in [-0.05, 0) is 55.5 Å². The molecule has 0 bridgehead atoms. The van der Waals surface area contributed by atoms with E-state index in [1.165, 1.54) is 12.1 Å². The predicted octanol–water partition coefficient (Wildman–Crippen LogP) is 3.73. The summed E-state index contributed by atoms with van der Waals surface area (Å²) in [6.45, 7) is 1.89. The van der Waals surface area contributed by atoms with E-state index >= 15 is 0 Å². The molecule has 0 aliphatic rings. The van der Waals surface area contributed by atoms with E-state index < -0.39 is 0 Å². The SMILES string of the molecule is Cc1nn(-c2ccc(F)cc2)cc1/C=C/c1nc2ccccc2c(=O)[nH]1. The Morgan fingerprint density at radius 1 is 1.08 bits per heavy atom. The van der Waals surface area contributed by atoms with Crippen molar-refractivity contribution in [2.24, 2.45) is 0 Å². The number of benzene rings is 2. The molecule has 2 aromatic carbocycles. The molecule has 0 atom stereocenters. The monoisotopic (exact) mass is 346 g/mol. The van der Waals surface area contributed by atoms with E-state index in [-0.39, 0.29) is 11.4 Å². The Hall–Kier alpha value is -3.54. The summed E-state index contributed by atoms with van der Waals surface area (Å²) >= 11 is 0. The molecule has 0 fully saturated rings. The topological polar surface area (TPSA) is 63.6 Å². The molecule has 4 rings (SSSR count). The highest BCUT2D eigenvalue weighted by molar-refractivity contribution is 5.79. The molecule has 5 nitrogen and oxygen atoms in total. The third-order valence-corrected chi connectivity index (χ3v) is 4.08. The number of para-hydroxylation sites is 1. The number of hydrogen-bond acceptors (Lipinski definition) is 3. The van der Waals surface area contributed by atoms with E-state index in [9.17, 15) is 9.18 Å². The van der Waals surface area contributed by atoms with Gasteiger partial charge in [0.1, 0.15) is 11.6 Å². The maximum absolute atomic E-state index is 13.1. The summed E-state index contributed by atoms with van der Waals surface area (Å²) in [5.41, 5.74) is 2.94. The third kappa shape index (κ3) is 3.04. The number of aromatic amines is 1. The zero-order valence-corrected chi connectivity index (χ0v) is 14.0. The Kier molecular flexibility index (Phi) is 3.93. The van der Waals surface area contributed by atoms with Crippen LogP contribution in [0.4, 0.5) is 4.39 Å². The van der Waals surface area contributed by atoms with Crippen LogP contribution in [0.2, 0.25) is 0 Å². The second-order valence-electron chi connectivity index (χ2n) is 5.89. The van der Waals surface area contributed by atoms with E-state index in [2.05, 4.69) is 15.1 Å². The molecular weight excluding hydrogens is 331 g/mol. The number of aromatic nitrogens is 4. The fourth-order valence-corrected chi connectivity index (χ4v) is 2.72. The van der Waals surface area contributed by atoms with Crippen molar-refractivity contribution in [3.8, 4) is 5.69 Å². The van der Waals surface area contributed by atoms with Gasteiger partial charge in [-0.25, -0.2) is 14.1 Å². The van der Waals surface area contributed by atoms with Crippen LogP contribution in [0, 0.1) is 12.7 Å². The number of H-pyrrole nitrogens is 1. The quantitative estimate of drug-likeness (QED) is 0.615. The molecule has 26 heavy (non-hydrogen) atoms. The van der Waals surface area contributed by atoms with Crippen molar-refractivity contribution in [2.45, 2.75) is 6.92 Å². The summed E-state index contributed by atoms with van der Waals surface area (Å²) < 4.78 is 14.7. The Morgan fingerprint density at radius 3 is 2.65 bits per heavy atom. The molecule has 0 aliphatic carbocycles. The normalized spacial score (nSPS) is 11.5. The molecular formula is C20H15FN4O. The van der Waals surface area contributed by atoms with Crippen molar-refractivity contribution >= 4 is 23.1 Å². The van der Waals surface area contributed by atoms with Crippen molar-refractivity contribution in [3.05, 3.63) is 88.0 Å². The van der Waals surface area contributed by atoms with Crippen molar-refractivity contribution in [2.75, 3.05) is 0 Å². The third-order valence-electron chi connectivity index (χ3n) is 4.08. The van der Waals surface area contributed by atoms with Crippen molar-refractivity contribution in [1.82, 2.24) is 19.7 Å². The van der Waals surface area contributed by atoms with Crippen LogP contribution in [-0.2, 0) is 0 Å². The standard InChI is InChI=1S/C20H15FN4O/c1-13-14(12-25(24-13)16-9-7-15(21)8-10-16)6-11-19-22-18-5-3-2-4-17(18)20(26)23-19/h2-12H,1H3,(H,22,23,26)/b11-6+. The molecule has 128 valence electrons. The lowest BCUT2D eigenvalue weighted by molar-refractivity contribution is 0.627. The largest absolute Gasteiger partial charge is 0.306 e. The van der Waals surface area contributed by atoms with Gasteiger partial charge in [-0.1, -0.05) is 12.1 Å². The molecule has 0 unspecified atom stereocenters. The summed E-state index contributed by atoms with van der Waals surface area (Å²) in [5.74, 6) is 0.187. The number of aryl methyl sites for hydroxylation is 1. The summed E-state index contributed by atoms with van der Waals surface area (Å²) in [6, 6.07) is 13.3. The smallest absolute Gasteiger partial charge is 0.259 e. The van der Waals surface area contributed by atoms with Crippen LogP contribution in [0.25, 0.3) is 28.7 Å². The number of fused-ring (bicyclic) bond motifs is 1. The molecule has 6 heteroatoms. The molecule has 0 radical (unpaired) electrons.